The van der Waals surface area contributed by atoms with Gasteiger partial charge >= 0.3 is 5.97 Å². The highest BCUT2D eigenvalue weighted by atomic mass is 19.1. The average Bonchev–Trinajstić information content (AvgIpc) is 2.90. The lowest BCUT2D eigenvalue weighted by atomic mass is 9.97. The quantitative estimate of drug-likeness (QED) is 0.813. The van der Waals surface area contributed by atoms with Crippen LogP contribution in [-0.4, -0.2) is 35.7 Å². The van der Waals surface area contributed by atoms with Gasteiger partial charge in [0, 0.05) is 24.9 Å². The number of hydrogen-bond acceptors (Lipinski definition) is 5. The van der Waals surface area contributed by atoms with E-state index in [0.717, 1.165) is 36.9 Å². The standard InChI is InChI=1S/C16H19FN2O3/c1-11(20)21-9-8-19-7-3-2-4-14(19)16-13-6-5-12(17)10-15(13)22-18-16/h5-6,10,14H,2-4,7-9H2,1H3. The van der Waals surface area contributed by atoms with Gasteiger partial charge in [-0.15, -0.1) is 0 Å². The smallest absolute Gasteiger partial charge is 0.302 e. The van der Waals surface area contributed by atoms with Gasteiger partial charge in [0.25, 0.3) is 0 Å². The van der Waals surface area contributed by atoms with Crippen molar-refractivity contribution in [2.24, 2.45) is 0 Å². The Morgan fingerprint density at radius 1 is 1.50 bits per heavy atom. The first-order valence-corrected chi connectivity index (χ1v) is 7.57. The summed E-state index contributed by atoms with van der Waals surface area (Å²) in [5.41, 5.74) is 1.32. The van der Waals surface area contributed by atoms with Crippen LogP contribution >= 0.6 is 0 Å². The van der Waals surface area contributed by atoms with E-state index in [2.05, 4.69) is 10.1 Å². The Morgan fingerprint density at radius 3 is 3.18 bits per heavy atom. The number of carbonyl (C=O) groups excluding carboxylic acids is 1. The van der Waals surface area contributed by atoms with Gasteiger partial charge in [-0.25, -0.2) is 4.39 Å². The molecule has 0 saturated carbocycles. The summed E-state index contributed by atoms with van der Waals surface area (Å²) < 4.78 is 23.6. The minimum atomic E-state index is -0.328. The van der Waals surface area contributed by atoms with E-state index in [4.69, 9.17) is 9.26 Å². The number of ether oxygens (including phenoxy) is 1. The molecule has 118 valence electrons. The molecule has 0 amide bonds. The van der Waals surface area contributed by atoms with Crippen LogP contribution in [0.15, 0.2) is 22.7 Å². The summed E-state index contributed by atoms with van der Waals surface area (Å²) >= 11 is 0. The summed E-state index contributed by atoms with van der Waals surface area (Å²) in [5.74, 6) is -0.596. The van der Waals surface area contributed by atoms with Crippen molar-refractivity contribution in [3.8, 4) is 0 Å². The van der Waals surface area contributed by atoms with Crippen molar-refractivity contribution >= 4 is 16.9 Å². The number of fused-ring (bicyclic) bond motifs is 1. The third-order valence-corrected chi connectivity index (χ3v) is 4.08. The largest absolute Gasteiger partial charge is 0.465 e. The number of likely N-dealkylation sites (tertiary alicyclic amines) is 1. The van der Waals surface area contributed by atoms with Gasteiger partial charge in [-0.05, 0) is 31.5 Å². The molecule has 1 aliphatic heterocycles. The van der Waals surface area contributed by atoms with Gasteiger partial charge < -0.3 is 9.26 Å². The van der Waals surface area contributed by atoms with Crippen LogP contribution in [0.5, 0.6) is 0 Å². The number of piperidine rings is 1. The van der Waals surface area contributed by atoms with Gasteiger partial charge in [-0.1, -0.05) is 11.6 Å². The first kappa shape index (κ1) is 15.0. The zero-order valence-electron chi connectivity index (χ0n) is 12.5. The molecular weight excluding hydrogens is 287 g/mol. The number of hydrogen-bond donors (Lipinski definition) is 0. The molecule has 1 unspecified atom stereocenters. The Morgan fingerprint density at radius 2 is 2.36 bits per heavy atom. The number of esters is 1. The lowest BCUT2D eigenvalue weighted by Gasteiger charge is -2.34. The van der Waals surface area contributed by atoms with Crippen LogP contribution in [0.25, 0.3) is 11.0 Å². The molecule has 2 aromatic rings. The summed E-state index contributed by atoms with van der Waals surface area (Å²) in [6.07, 6.45) is 3.20. The normalized spacial score (nSPS) is 19.5. The molecule has 0 radical (unpaired) electrons. The molecular formula is C16H19FN2O3. The number of aromatic nitrogens is 1. The summed E-state index contributed by atoms with van der Waals surface area (Å²) in [6.45, 7) is 3.38. The molecule has 22 heavy (non-hydrogen) atoms. The fourth-order valence-corrected chi connectivity index (χ4v) is 3.05. The molecule has 1 aromatic heterocycles. The monoisotopic (exact) mass is 306 g/mol. The number of halogens is 1. The van der Waals surface area contributed by atoms with Crippen LogP contribution in [0.3, 0.4) is 0 Å². The predicted molar refractivity (Wildman–Crippen MR) is 78.8 cm³/mol. The van der Waals surface area contributed by atoms with Crippen LogP contribution in [-0.2, 0) is 9.53 Å². The van der Waals surface area contributed by atoms with Gasteiger partial charge in [0.1, 0.15) is 18.1 Å². The fraction of sp³-hybridized carbons (Fsp3) is 0.500. The lowest BCUT2D eigenvalue weighted by Crippen LogP contribution is -2.36. The van der Waals surface area contributed by atoms with E-state index in [-0.39, 0.29) is 17.8 Å². The van der Waals surface area contributed by atoms with Crippen molar-refractivity contribution in [2.45, 2.75) is 32.2 Å². The van der Waals surface area contributed by atoms with Crippen LogP contribution in [0, 0.1) is 5.82 Å². The second kappa shape index (κ2) is 6.44. The molecule has 0 bridgehead atoms. The second-order valence-corrected chi connectivity index (χ2v) is 5.60. The summed E-state index contributed by atoms with van der Waals surface area (Å²) in [5, 5.41) is 5.02. The van der Waals surface area contributed by atoms with E-state index < -0.39 is 0 Å². The highest BCUT2D eigenvalue weighted by molar-refractivity contribution is 5.79. The van der Waals surface area contributed by atoms with Crippen molar-refractivity contribution in [2.75, 3.05) is 19.7 Å². The Labute approximate surface area is 128 Å². The van der Waals surface area contributed by atoms with Crippen molar-refractivity contribution in [3.05, 3.63) is 29.7 Å². The van der Waals surface area contributed by atoms with Crippen LogP contribution in [0.1, 0.15) is 37.9 Å². The number of rotatable bonds is 4. The third-order valence-electron chi connectivity index (χ3n) is 4.08. The molecule has 3 rings (SSSR count). The zero-order valence-corrected chi connectivity index (χ0v) is 12.5. The average molecular weight is 306 g/mol. The summed E-state index contributed by atoms with van der Waals surface area (Å²) in [7, 11) is 0. The third kappa shape index (κ3) is 3.11. The summed E-state index contributed by atoms with van der Waals surface area (Å²) in [4.78, 5) is 13.2. The van der Waals surface area contributed by atoms with Gasteiger partial charge in [-0.2, -0.15) is 0 Å². The minimum absolute atomic E-state index is 0.121. The van der Waals surface area contributed by atoms with E-state index in [9.17, 15) is 9.18 Å². The maximum absolute atomic E-state index is 13.3. The van der Waals surface area contributed by atoms with E-state index in [0.29, 0.717) is 18.7 Å². The second-order valence-electron chi connectivity index (χ2n) is 5.60. The highest BCUT2D eigenvalue weighted by Crippen LogP contribution is 2.34. The van der Waals surface area contributed by atoms with E-state index in [1.54, 1.807) is 6.07 Å². The maximum Gasteiger partial charge on any atom is 0.302 e. The molecule has 0 aliphatic carbocycles. The number of nitrogens with zero attached hydrogens (tertiary/aromatic N) is 2. The van der Waals surface area contributed by atoms with E-state index >= 15 is 0 Å². The van der Waals surface area contributed by atoms with Crippen LogP contribution in [0.4, 0.5) is 4.39 Å². The SMILES string of the molecule is CC(=O)OCCN1CCCCC1c1noc2cc(F)ccc12. The molecule has 2 heterocycles. The number of benzene rings is 1. The van der Waals surface area contributed by atoms with Gasteiger partial charge in [-0.3, -0.25) is 9.69 Å². The van der Waals surface area contributed by atoms with Crippen LogP contribution in [0.2, 0.25) is 0 Å². The Bertz CT molecular complexity index is 670. The molecule has 1 aliphatic rings. The van der Waals surface area contributed by atoms with Crippen molar-refractivity contribution in [1.29, 1.82) is 0 Å². The van der Waals surface area contributed by atoms with E-state index in [1.165, 1.54) is 19.1 Å². The predicted octanol–water partition coefficient (Wildman–Crippen LogP) is 3.06. The van der Waals surface area contributed by atoms with Crippen LogP contribution < -0.4 is 0 Å². The van der Waals surface area contributed by atoms with Gasteiger partial charge in [0.2, 0.25) is 0 Å². The van der Waals surface area contributed by atoms with Crippen molar-refractivity contribution < 1.29 is 18.4 Å². The van der Waals surface area contributed by atoms with Crippen molar-refractivity contribution in [1.82, 2.24) is 10.1 Å². The van der Waals surface area contributed by atoms with E-state index in [1.807, 2.05) is 0 Å². The first-order valence-electron chi connectivity index (χ1n) is 7.57. The molecule has 6 heteroatoms. The Balaban J connectivity index is 1.81. The lowest BCUT2D eigenvalue weighted by molar-refractivity contribution is -0.141. The molecule has 1 fully saturated rings. The minimum Gasteiger partial charge on any atom is -0.465 e. The topological polar surface area (TPSA) is 55.6 Å². The zero-order chi connectivity index (χ0) is 15.5. The first-order chi connectivity index (χ1) is 10.6. The molecule has 1 atom stereocenters. The fourth-order valence-electron chi connectivity index (χ4n) is 3.05. The maximum atomic E-state index is 13.3. The molecule has 0 N–H and O–H groups in total. The molecule has 1 aromatic carbocycles. The van der Waals surface area contributed by atoms with Gasteiger partial charge in [0.05, 0.1) is 6.04 Å². The summed E-state index contributed by atoms with van der Waals surface area (Å²) in [6, 6.07) is 4.62. The Kier molecular flexibility index (Phi) is 4.38. The molecule has 0 spiro atoms. The molecule has 1 saturated heterocycles. The Hall–Kier alpha value is -1.95. The molecule has 5 nitrogen and oxygen atoms in total. The highest BCUT2D eigenvalue weighted by Gasteiger charge is 2.28. The number of carbonyl (C=O) groups is 1. The van der Waals surface area contributed by atoms with Crippen molar-refractivity contribution in [3.63, 3.8) is 0 Å². The van der Waals surface area contributed by atoms with Gasteiger partial charge in [0.15, 0.2) is 5.58 Å².